The number of aryl methyl sites for hydroxylation is 1. The second-order valence-electron chi connectivity index (χ2n) is 8.39. The molecule has 0 aliphatic carbocycles. The minimum atomic E-state index is -1.47. The fourth-order valence-corrected chi connectivity index (χ4v) is 4.34. The summed E-state index contributed by atoms with van der Waals surface area (Å²) in [6, 6.07) is 6.97. The third-order valence-electron chi connectivity index (χ3n) is 6.16. The van der Waals surface area contributed by atoms with Gasteiger partial charge in [0.1, 0.15) is 23.4 Å². The van der Waals surface area contributed by atoms with Crippen LogP contribution >= 0.6 is 0 Å². The van der Waals surface area contributed by atoms with Gasteiger partial charge < -0.3 is 10.2 Å². The number of Topliss-reactive ketones (excluding diaryl/α,β-unsaturated/α-hetero) is 1. The summed E-state index contributed by atoms with van der Waals surface area (Å²) in [6.07, 6.45) is -1.63. The number of anilines is 1. The van der Waals surface area contributed by atoms with E-state index in [-0.39, 0.29) is 23.6 Å². The largest absolute Gasteiger partial charge is 0.368 e. The summed E-state index contributed by atoms with van der Waals surface area (Å²) in [6.45, 7) is 6.52. The van der Waals surface area contributed by atoms with E-state index in [9.17, 15) is 14.0 Å². The summed E-state index contributed by atoms with van der Waals surface area (Å²) in [5, 5.41) is 2.57. The molecule has 2 aromatic rings. The molecule has 4 rings (SSSR count). The molecule has 174 valence electrons. The molecule has 1 N–H and O–H groups in total. The molecule has 1 saturated heterocycles. The molecule has 7 nitrogen and oxygen atoms in total. The Morgan fingerprint density at radius 2 is 1.91 bits per heavy atom. The van der Waals surface area contributed by atoms with Gasteiger partial charge in [0, 0.05) is 57.3 Å². The zero-order valence-electron chi connectivity index (χ0n) is 19.0. The second-order valence-corrected chi connectivity index (χ2v) is 8.39. The number of aromatic nitrogens is 1. The van der Waals surface area contributed by atoms with Crippen LogP contribution in [0.4, 0.5) is 20.2 Å². The van der Waals surface area contributed by atoms with Crippen molar-refractivity contribution in [3.63, 3.8) is 0 Å². The number of carbonyl (C=O) groups is 2. The number of amides is 1. The number of ketones is 1. The Morgan fingerprint density at radius 1 is 1.18 bits per heavy atom. The molecule has 0 saturated carbocycles. The Hall–Kier alpha value is -3.20. The van der Waals surface area contributed by atoms with Crippen molar-refractivity contribution in [3.05, 3.63) is 52.6 Å². The van der Waals surface area contributed by atoms with Gasteiger partial charge in [-0.3, -0.25) is 14.5 Å². The van der Waals surface area contributed by atoms with Crippen molar-refractivity contribution in [2.75, 3.05) is 38.1 Å². The maximum atomic E-state index is 15.1. The normalized spacial score (nSPS) is 17.4. The monoisotopic (exact) mass is 455 g/mol. The van der Waals surface area contributed by atoms with E-state index in [2.05, 4.69) is 25.1 Å². The molecule has 0 bridgehead atoms. The van der Waals surface area contributed by atoms with E-state index >= 15 is 4.39 Å². The van der Waals surface area contributed by atoms with Crippen molar-refractivity contribution in [2.45, 2.75) is 33.0 Å². The number of fused-ring (bicyclic) bond motifs is 1. The molecule has 2 aliphatic rings. The Bertz CT molecular complexity index is 1120. The van der Waals surface area contributed by atoms with Crippen molar-refractivity contribution in [1.82, 2.24) is 15.2 Å². The lowest BCUT2D eigenvalue weighted by molar-refractivity contribution is -0.112. The van der Waals surface area contributed by atoms with Crippen molar-refractivity contribution in [1.29, 1.82) is 0 Å². The van der Waals surface area contributed by atoms with Gasteiger partial charge in [-0.05, 0) is 32.0 Å². The van der Waals surface area contributed by atoms with Gasteiger partial charge in [0.2, 0.25) is 0 Å². The molecule has 1 fully saturated rings. The van der Waals surface area contributed by atoms with Gasteiger partial charge in [-0.15, -0.1) is 0 Å². The summed E-state index contributed by atoms with van der Waals surface area (Å²) < 4.78 is 28.7. The Labute approximate surface area is 191 Å². The standard InChI is InChI=1S/C24H27F2N5O2/c1-14(25)23-21(32)12-17-18(29-23)5-4-16(22(17)26)13-30-8-10-31(11-9-30)20-7-6-19(24(33)27-3)28-15(20)2/h4-7,14H,8-13H2,1-3H3,(H,27,33)/t14-/m0/s1. The van der Waals surface area contributed by atoms with Crippen LogP contribution in [0.2, 0.25) is 0 Å². The molecule has 1 aromatic heterocycles. The SMILES string of the molecule is CNC(=O)c1ccc(N2CCN(Cc3ccc4c(c3F)CC(=O)C([C@H](C)F)=N4)CC2)c(C)n1. The van der Waals surface area contributed by atoms with Gasteiger partial charge in [-0.25, -0.2) is 18.8 Å². The predicted octanol–water partition coefficient (Wildman–Crippen LogP) is 2.77. The van der Waals surface area contributed by atoms with Crippen LogP contribution in [0.5, 0.6) is 0 Å². The van der Waals surface area contributed by atoms with E-state index in [1.54, 1.807) is 25.2 Å². The smallest absolute Gasteiger partial charge is 0.269 e. The molecule has 33 heavy (non-hydrogen) atoms. The number of alkyl halides is 1. The summed E-state index contributed by atoms with van der Waals surface area (Å²) in [5.41, 5.74) is 3.11. The highest BCUT2D eigenvalue weighted by Gasteiger charge is 2.28. The minimum absolute atomic E-state index is 0.140. The third-order valence-corrected chi connectivity index (χ3v) is 6.16. The Kier molecular flexibility index (Phi) is 6.51. The molecule has 1 atom stereocenters. The topological polar surface area (TPSA) is 77.9 Å². The molecule has 0 spiro atoms. The van der Waals surface area contributed by atoms with Gasteiger partial charge in [0.15, 0.2) is 5.78 Å². The van der Waals surface area contributed by atoms with E-state index in [1.807, 2.05) is 13.0 Å². The van der Waals surface area contributed by atoms with Crippen LogP contribution in [0.3, 0.4) is 0 Å². The van der Waals surface area contributed by atoms with Crippen LogP contribution in [0.15, 0.2) is 29.3 Å². The predicted molar refractivity (Wildman–Crippen MR) is 123 cm³/mol. The first-order valence-corrected chi connectivity index (χ1v) is 11.0. The van der Waals surface area contributed by atoms with Gasteiger partial charge in [0.25, 0.3) is 5.91 Å². The molecular formula is C24H27F2N5O2. The minimum Gasteiger partial charge on any atom is -0.368 e. The van der Waals surface area contributed by atoms with Crippen LogP contribution in [0.25, 0.3) is 0 Å². The van der Waals surface area contributed by atoms with Crippen LogP contribution in [-0.2, 0) is 17.8 Å². The summed E-state index contributed by atoms with van der Waals surface area (Å²) >= 11 is 0. The Balaban J connectivity index is 1.43. The zero-order chi connectivity index (χ0) is 23.7. The number of carbonyl (C=O) groups excluding carboxylic acids is 2. The van der Waals surface area contributed by atoms with Crippen molar-refractivity contribution in [2.24, 2.45) is 4.99 Å². The molecule has 1 amide bonds. The molecular weight excluding hydrogens is 428 g/mol. The molecule has 0 unspecified atom stereocenters. The number of nitrogens with zero attached hydrogens (tertiary/aromatic N) is 4. The third kappa shape index (κ3) is 4.64. The summed E-state index contributed by atoms with van der Waals surface area (Å²) in [5.74, 6) is -1.11. The van der Waals surface area contributed by atoms with Crippen molar-refractivity contribution >= 4 is 28.8 Å². The van der Waals surface area contributed by atoms with Gasteiger partial charge >= 0.3 is 0 Å². The van der Waals surface area contributed by atoms with Crippen LogP contribution < -0.4 is 10.2 Å². The zero-order valence-corrected chi connectivity index (χ0v) is 19.0. The number of pyridine rings is 1. The number of aliphatic imine (C=N–C) groups is 1. The van der Waals surface area contributed by atoms with E-state index < -0.39 is 17.8 Å². The van der Waals surface area contributed by atoms with Gasteiger partial charge in [-0.2, -0.15) is 0 Å². The van der Waals surface area contributed by atoms with Crippen molar-refractivity contribution in [3.8, 4) is 0 Å². The first kappa shape index (κ1) is 23.0. The number of hydrogen-bond acceptors (Lipinski definition) is 6. The van der Waals surface area contributed by atoms with E-state index in [0.29, 0.717) is 23.5 Å². The lowest BCUT2D eigenvalue weighted by atomic mass is 9.95. The lowest BCUT2D eigenvalue weighted by Gasteiger charge is -2.36. The summed E-state index contributed by atoms with van der Waals surface area (Å²) in [7, 11) is 1.57. The maximum absolute atomic E-state index is 15.1. The fourth-order valence-electron chi connectivity index (χ4n) is 4.34. The van der Waals surface area contributed by atoms with Gasteiger partial charge in [0.05, 0.1) is 17.1 Å². The number of nitrogens with one attached hydrogen (secondary N) is 1. The highest BCUT2D eigenvalue weighted by molar-refractivity contribution is 6.43. The first-order valence-electron chi connectivity index (χ1n) is 11.0. The molecule has 9 heteroatoms. The fraction of sp³-hybridized carbons (Fsp3) is 0.417. The number of hydrogen-bond donors (Lipinski definition) is 1. The second kappa shape index (κ2) is 9.35. The molecule has 1 aromatic carbocycles. The number of halogens is 2. The molecule has 2 aliphatic heterocycles. The quantitative estimate of drug-likeness (QED) is 0.750. The summed E-state index contributed by atoms with van der Waals surface area (Å²) in [4.78, 5) is 36.8. The van der Waals surface area contributed by atoms with Gasteiger partial charge in [-0.1, -0.05) is 6.07 Å². The molecule has 0 radical (unpaired) electrons. The lowest BCUT2D eigenvalue weighted by Crippen LogP contribution is -2.46. The average molecular weight is 456 g/mol. The maximum Gasteiger partial charge on any atom is 0.269 e. The van der Waals surface area contributed by atoms with E-state index in [0.717, 1.165) is 37.6 Å². The molecule has 3 heterocycles. The highest BCUT2D eigenvalue weighted by atomic mass is 19.1. The Morgan fingerprint density at radius 3 is 2.55 bits per heavy atom. The number of benzene rings is 1. The van der Waals surface area contributed by atoms with Crippen LogP contribution in [0, 0.1) is 12.7 Å². The van der Waals surface area contributed by atoms with Crippen LogP contribution in [0.1, 0.15) is 34.2 Å². The van der Waals surface area contributed by atoms with Crippen LogP contribution in [-0.4, -0.2) is 66.7 Å². The highest BCUT2D eigenvalue weighted by Crippen LogP contribution is 2.31. The van der Waals surface area contributed by atoms with E-state index in [4.69, 9.17) is 0 Å². The first-order chi connectivity index (χ1) is 15.8. The van der Waals surface area contributed by atoms with Crippen molar-refractivity contribution < 1.29 is 18.4 Å². The number of piperazine rings is 1. The average Bonchev–Trinajstić information content (AvgIpc) is 2.81. The number of rotatable bonds is 5. The van der Waals surface area contributed by atoms with E-state index in [1.165, 1.54) is 6.92 Å².